The maximum Gasteiger partial charge on any atom is 0.216 e. The molecular weight excluding hydrogens is 342 g/mol. The summed E-state index contributed by atoms with van der Waals surface area (Å²) in [6, 6.07) is 5.77. The van der Waals surface area contributed by atoms with Crippen LogP contribution in [-0.2, 0) is 21.3 Å². The van der Waals surface area contributed by atoms with Gasteiger partial charge in [-0.2, -0.15) is 4.31 Å². The van der Waals surface area contributed by atoms with Crippen LogP contribution in [0.25, 0.3) is 17.2 Å². The summed E-state index contributed by atoms with van der Waals surface area (Å²) < 4.78 is 35.5. The molecular formula is C16H19N5O3S. The monoisotopic (exact) mass is 361 g/mol. The molecule has 0 atom stereocenters. The average molecular weight is 361 g/mol. The number of nitrogens with zero attached hydrogens (tertiary/aromatic N) is 5. The molecule has 1 saturated heterocycles. The fourth-order valence-electron chi connectivity index (χ4n) is 2.99. The molecule has 1 aliphatic heterocycles. The van der Waals surface area contributed by atoms with Crippen molar-refractivity contribution in [3.05, 3.63) is 43.0 Å². The SMILES string of the molecule is O=S(=O)(CCn1ccnc1-c1cnc2ccccn12)N1CCOCC1. The molecule has 132 valence electrons. The van der Waals surface area contributed by atoms with Gasteiger partial charge in [0, 0.05) is 38.2 Å². The molecule has 1 aliphatic rings. The number of ether oxygens (including phenoxy) is 1. The highest BCUT2D eigenvalue weighted by atomic mass is 32.2. The van der Waals surface area contributed by atoms with Crippen molar-refractivity contribution >= 4 is 15.7 Å². The zero-order valence-corrected chi connectivity index (χ0v) is 14.5. The Kier molecular flexibility index (Phi) is 4.28. The predicted molar refractivity (Wildman–Crippen MR) is 92.6 cm³/mol. The summed E-state index contributed by atoms with van der Waals surface area (Å²) in [4.78, 5) is 8.76. The van der Waals surface area contributed by atoms with Crippen molar-refractivity contribution in [3.63, 3.8) is 0 Å². The van der Waals surface area contributed by atoms with Gasteiger partial charge >= 0.3 is 0 Å². The zero-order chi connectivity index (χ0) is 17.3. The van der Waals surface area contributed by atoms with E-state index in [0.29, 0.717) is 38.7 Å². The third-order valence-electron chi connectivity index (χ3n) is 4.32. The number of rotatable bonds is 5. The Balaban J connectivity index is 1.56. The fraction of sp³-hybridized carbons (Fsp3) is 0.375. The second kappa shape index (κ2) is 6.58. The number of morpholine rings is 1. The third-order valence-corrected chi connectivity index (χ3v) is 6.17. The highest BCUT2D eigenvalue weighted by Crippen LogP contribution is 2.19. The van der Waals surface area contributed by atoms with E-state index in [4.69, 9.17) is 4.74 Å². The molecule has 3 aromatic heterocycles. The van der Waals surface area contributed by atoms with E-state index in [-0.39, 0.29) is 5.75 Å². The molecule has 0 radical (unpaired) electrons. The van der Waals surface area contributed by atoms with Gasteiger partial charge in [0.2, 0.25) is 10.0 Å². The summed E-state index contributed by atoms with van der Waals surface area (Å²) in [5, 5.41) is 0. The molecule has 0 N–H and O–H groups in total. The number of aryl methyl sites for hydroxylation is 1. The van der Waals surface area contributed by atoms with Gasteiger partial charge in [-0.1, -0.05) is 6.07 Å². The van der Waals surface area contributed by atoms with Gasteiger partial charge in [-0.15, -0.1) is 0 Å². The van der Waals surface area contributed by atoms with E-state index in [1.807, 2.05) is 33.4 Å². The first kappa shape index (κ1) is 16.2. The minimum absolute atomic E-state index is 0.0348. The highest BCUT2D eigenvalue weighted by Gasteiger charge is 2.24. The van der Waals surface area contributed by atoms with Crippen LogP contribution in [0, 0.1) is 0 Å². The molecule has 0 aromatic carbocycles. The van der Waals surface area contributed by atoms with Gasteiger partial charge in [0.15, 0.2) is 5.82 Å². The van der Waals surface area contributed by atoms with Crippen LogP contribution >= 0.6 is 0 Å². The lowest BCUT2D eigenvalue weighted by Crippen LogP contribution is -2.42. The van der Waals surface area contributed by atoms with E-state index >= 15 is 0 Å². The molecule has 0 aliphatic carbocycles. The largest absolute Gasteiger partial charge is 0.379 e. The minimum atomic E-state index is -3.31. The first-order chi connectivity index (χ1) is 12.1. The molecule has 0 bridgehead atoms. The zero-order valence-electron chi connectivity index (χ0n) is 13.7. The van der Waals surface area contributed by atoms with Crippen LogP contribution in [0.4, 0.5) is 0 Å². The Morgan fingerprint density at radius 1 is 1.12 bits per heavy atom. The van der Waals surface area contributed by atoms with Crippen molar-refractivity contribution in [1.29, 1.82) is 0 Å². The van der Waals surface area contributed by atoms with E-state index in [9.17, 15) is 8.42 Å². The molecule has 0 unspecified atom stereocenters. The van der Waals surface area contributed by atoms with Crippen LogP contribution in [0.5, 0.6) is 0 Å². The van der Waals surface area contributed by atoms with Crippen molar-refractivity contribution in [2.45, 2.75) is 6.54 Å². The van der Waals surface area contributed by atoms with E-state index in [2.05, 4.69) is 9.97 Å². The number of sulfonamides is 1. The summed E-state index contributed by atoms with van der Waals surface area (Å²) >= 11 is 0. The first-order valence-corrected chi connectivity index (χ1v) is 9.75. The Morgan fingerprint density at radius 2 is 1.96 bits per heavy atom. The summed E-state index contributed by atoms with van der Waals surface area (Å²) in [6.07, 6.45) is 7.15. The van der Waals surface area contributed by atoms with Gasteiger partial charge in [0.25, 0.3) is 0 Å². The smallest absolute Gasteiger partial charge is 0.216 e. The quantitative estimate of drug-likeness (QED) is 0.673. The lowest BCUT2D eigenvalue weighted by atomic mass is 10.4. The van der Waals surface area contributed by atoms with Gasteiger partial charge in [0.05, 0.1) is 25.2 Å². The van der Waals surface area contributed by atoms with Gasteiger partial charge in [0.1, 0.15) is 11.3 Å². The Labute approximate surface area is 145 Å². The maximum atomic E-state index is 12.5. The molecule has 8 nitrogen and oxygen atoms in total. The second-order valence-corrected chi connectivity index (χ2v) is 7.93. The number of imidazole rings is 2. The molecule has 1 fully saturated rings. The molecule has 0 saturated carbocycles. The molecule has 25 heavy (non-hydrogen) atoms. The van der Waals surface area contributed by atoms with Crippen LogP contribution < -0.4 is 0 Å². The van der Waals surface area contributed by atoms with Crippen LogP contribution in [0.3, 0.4) is 0 Å². The molecule has 3 aromatic rings. The van der Waals surface area contributed by atoms with Gasteiger partial charge in [-0.3, -0.25) is 4.40 Å². The van der Waals surface area contributed by atoms with E-state index in [1.165, 1.54) is 4.31 Å². The number of fused-ring (bicyclic) bond motifs is 1. The number of aromatic nitrogens is 4. The van der Waals surface area contributed by atoms with Crippen molar-refractivity contribution in [2.75, 3.05) is 32.1 Å². The normalized spacial score (nSPS) is 16.5. The van der Waals surface area contributed by atoms with Crippen molar-refractivity contribution in [1.82, 2.24) is 23.2 Å². The van der Waals surface area contributed by atoms with E-state index < -0.39 is 10.0 Å². The van der Waals surface area contributed by atoms with Crippen LogP contribution in [0.1, 0.15) is 0 Å². The van der Waals surface area contributed by atoms with Crippen molar-refractivity contribution in [2.24, 2.45) is 0 Å². The first-order valence-electron chi connectivity index (χ1n) is 8.14. The summed E-state index contributed by atoms with van der Waals surface area (Å²) in [5.74, 6) is 0.739. The number of hydrogen-bond acceptors (Lipinski definition) is 5. The molecule has 0 spiro atoms. The van der Waals surface area contributed by atoms with Gasteiger partial charge in [-0.25, -0.2) is 18.4 Å². The van der Waals surface area contributed by atoms with Gasteiger partial charge in [-0.05, 0) is 12.1 Å². The highest BCUT2D eigenvalue weighted by molar-refractivity contribution is 7.89. The second-order valence-electron chi connectivity index (χ2n) is 5.84. The molecule has 9 heteroatoms. The third kappa shape index (κ3) is 3.17. The molecule has 0 amide bonds. The lowest BCUT2D eigenvalue weighted by Gasteiger charge is -2.26. The van der Waals surface area contributed by atoms with E-state index in [0.717, 1.165) is 11.3 Å². The lowest BCUT2D eigenvalue weighted by molar-refractivity contribution is 0.0730. The minimum Gasteiger partial charge on any atom is -0.379 e. The Bertz CT molecular complexity index is 972. The van der Waals surface area contributed by atoms with Crippen molar-refractivity contribution < 1.29 is 13.2 Å². The Morgan fingerprint density at radius 3 is 2.80 bits per heavy atom. The van der Waals surface area contributed by atoms with Crippen LogP contribution in [0.15, 0.2) is 43.0 Å². The van der Waals surface area contributed by atoms with E-state index in [1.54, 1.807) is 18.6 Å². The van der Waals surface area contributed by atoms with Gasteiger partial charge < -0.3 is 9.30 Å². The predicted octanol–water partition coefficient (Wildman–Crippen LogP) is 0.860. The summed E-state index contributed by atoms with van der Waals surface area (Å²) in [7, 11) is -3.31. The van der Waals surface area contributed by atoms with Crippen LogP contribution in [-0.4, -0.2) is 63.7 Å². The number of hydrogen-bond donors (Lipinski definition) is 0. The number of pyridine rings is 1. The summed E-state index contributed by atoms with van der Waals surface area (Å²) in [5.41, 5.74) is 1.66. The topological polar surface area (TPSA) is 81.7 Å². The molecule has 4 rings (SSSR count). The maximum absolute atomic E-state index is 12.5. The fourth-order valence-corrected chi connectivity index (χ4v) is 4.38. The molecule has 4 heterocycles. The Hall–Kier alpha value is -2.23. The summed E-state index contributed by atoms with van der Waals surface area (Å²) in [6.45, 7) is 2.10. The van der Waals surface area contributed by atoms with Crippen molar-refractivity contribution in [3.8, 4) is 11.5 Å². The standard InChI is InChI=1S/C16H19N5O3S/c22-25(23,20-7-10-24-11-8-20)12-9-19-6-4-17-16(19)14-13-18-15-3-1-2-5-21(14)15/h1-6,13H,7-12H2. The average Bonchev–Trinajstić information content (AvgIpc) is 3.27. The van der Waals surface area contributed by atoms with Crippen LogP contribution in [0.2, 0.25) is 0 Å².